The molecule has 0 heterocycles. The molecule has 1 unspecified atom stereocenters. The van der Waals surface area contributed by atoms with Crippen LogP contribution >= 0.6 is 7.82 Å². The first kappa shape index (κ1) is 53.7. The summed E-state index contributed by atoms with van der Waals surface area (Å²) in [6.45, 7) is 4.30. The highest BCUT2D eigenvalue weighted by Crippen LogP contribution is 2.43. The number of quaternary nitrogens is 1. The Kier molecular flexibility index (Phi) is 36.7. The van der Waals surface area contributed by atoms with Gasteiger partial charge < -0.3 is 18.9 Å². The van der Waals surface area contributed by atoms with Crippen LogP contribution in [0, 0.1) is 0 Å². The third-order valence-electron chi connectivity index (χ3n) is 9.02. The second-order valence-electron chi connectivity index (χ2n) is 15.7. The number of unbranched alkanes of at least 4 members (excludes halogenated alkanes) is 15. The highest BCUT2D eigenvalue weighted by Gasteiger charge is 2.27. The average Bonchev–Trinajstić information content (AvgIpc) is 3.15. The van der Waals surface area contributed by atoms with E-state index in [0.29, 0.717) is 23.9 Å². The van der Waals surface area contributed by atoms with Gasteiger partial charge >= 0.3 is 19.8 Å². The van der Waals surface area contributed by atoms with Crippen molar-refractivity contribution in [1.82, 2.24) is 0 Å². The van der Waals surface area contributed by atoms with E-state index in [4.69, 9.17) is 18.5 Å². The maximum Gasteiger partial charge on any atom is 0.472 e. The number of carbonyl (C=O) groups is 2. The number of nitrogens with zero attached hydrogens (tertiary/aromatic N) is 1. The van der Waals surface area contributed by atoms with Crippen LogP contribution in [0.1, 0.15) is 168 Å². The zero-order valence-electron chi connectivity index (χ0n) is 36.3. The van der Waals surface area contributed by atoms with Crippen molar-refractivity contribution in [3.8, 4) is 0 Å². The van der Waals surface area contributed by atoms with Crippen molar-refractivity contribution in [1.29, 1.82) is 0 Å². The van der Waals surface area contributed by atoms with Gasteiger partial charge in [-0.15, -0.1) is 0 Å². The van der Waals surface area contributed by atoms with Gasteiger partial charge in [0, 0.05) is 12.8 Å². The minimum absolute atomic E-state index is 0.0186. The zero-order valence-corrected chi connectivity index (χ0v) is 37.2. The highest BCUT2D eigenvalue weighted by atomic mass is 31.2. The molecular formula is C46H83NO8P+. The molecule has 0 aliphatic heterocycles. The van der Waals surface area contributed by atoms with E-state index >= 15 is 0 Å². The van der Waals surface area contributed by atoms with E-state index in [1.807, 2.05) is 27.2 Å². The van der Waals surface area contributed by atoms with Crippen LogP contribution in [0.4, 0.5) is 0 Å². The van der Waals surface area contributed by atoms with Crippen LogP contribution in [0.25, 0.3) is 0 Å². The predicted octanol–water partition coefficient (Wildman–Crippen LogP) is 12.5. The van der Waals surface area contributed by atoms with Gasteiger partial charge in [0.05, 0.1) is 27.7 Å². The molecule has 56 heavy (non-hydrogen) atoms. The molecule has 0 aromatic rings. The molecule has 324 valence electrons. The number of hydrogen-bond donors (Lipinski definition) is 1. The quantitative estimate of drug-likeness (QED) is 0.0215. The van der Waals surface area contributed by atoms with Gasteiger partial charge in [0.25, 0.3) is 0 Å². The van der Waals surface area contributed by atoms with E-state index in [1.165, 1.54) is 77.0 Å². The highest BCUT2D eigenvalue weighted by molar-refractivity contribution is 7.47. The van der Waals surface area contributed by atoms with Gasteiger partial charge in [-0.3, -0.25) is 18.6 Å². The Hall–Kier alpha value is -2.29. The maximum absolute atomic E-state index is 12.7. The molecule has 0 saturated carbocycles. The Morgan fingerprint density at radius 1 is 0.554 bits per heavy atom. The van der Waals surface area contributed by atoms with Crippen molar-refractivity contribution in [2.75, 3.05) is 47.5 Å². The molecular weight excluding hydrogens is 725 g/mol. The van der Waals surface area contributed by atoms with Crippen molar-refractivity contribution < 1.29 is 42.1 Å². The van der Waals surface area contributed by atoms with Crippen molar-refractivity contribution in [2.24, 2.45) is 0 Å². The summed E-state index contributed by atoms with van der Waals surface area (Å²) in [6.07, 6.45) is 45.6. The summed E-state index contributed by atoms with van der Waals surface area (Å²) in [5.41, 5.74) is 0. The summed E-state index contributed by atoms with van der Waals surface area (Å²) in [4.78, 5) is 35.3. The van der Waals surface area contributed by atoms with E-state index in [9.17, 15) is 19.0 Å². The standard InChI is InChI=1S/C46H82NO8P/c1-6-8-10-12-14-16-18-20-22-23-25-27-29-31-33-35-37-39-46(49)55-44(43-54-56(50,51)53-41-40-47(3,4)5)42-52-45(48)38-36-34-32-30-28-26-24-21-19-17-15-13-11-9-7-2/h14,16-17,19-20,22,25,27,31,33,44H,6-13,15,18,21,23-24,26,28-30,32,34-43H2,1-5H3/p+1/b16-14-,19-17-,22-20-,27-25-,33-31-/t44-/m1/s1. The van der Waals surface area contributed by atoms with E-state index < -0.39 is 26.5 Å². The Labute approximate surface area is 343 Å². The molecule has 0 bridgehead atoms. The lowest BCUT2D eigenvalue weighted by atomic mass is 10.1. The van der Waals surface area contributed by atoms with Crippen LogP contribution in [0.15, 0.2) is 60.8 Å². The lowest BCUT2D eigenvalue weighted by Crippen LogP contribution is -2.37. The number of phosphoric ester groups is 1. The summed E-state index contributed by atoms with van der Waals surface area (Å²) in [7, 11) is 1.43. The lowest BCUT2D eigenvalue weighted by Gasteiger charge is -2.24. The number of rotatable bonds is 39. The monoisotopic (exact) mass is 809 g/mol. The fraction of sp³-hybridized carbons (Fsp3) is 0.739. The minimum Gasteiger partial charge on any atom is -0.462 e. The van der Waals surface area contributed by atoms with Gasteiger partial charge in [0.15, 0.2) is 6.10 Å². The Morgan fingerprint density at radius 3 is 1.54 bits per heavy atom. The zero-order chi connectivity index (χ0) is 41.4. The molecule has 0 saturated heterocycles. The predicted molar refractivity (Wildman–Crippen MR) is 233 cm³/mol. The summed E-state index contributed by atoms with van der Waals surface area (Å²) in [5, 5.41) is 0. The molecule has 0 rings (SSSR count). The van der Waals surface area contributed by atoms with Crippen LogP contribution in [-0.4, -0.2) is 74.9 Å². The second-order valence-corrected chi connectivity index (χ2v) is 17.2. The average molecular weight is 809 g/mol. The van der Waals surface area contributed by atoms with Crippen LogP contribution in [0.2, 0.25) is 0 Å². The van der Waals surface area contributed by atoms with Crippen LogP contribution in [-0.2, 0) is 32.7 Å². The van der Waals surface area contributed by atoms with Gasteiger partial charge in [-0.05, 0) is 77.0 Å². The lowest BCUT2D eigenvalue weighted by molar-refractivity contribution is -0.870. The van der Waals surface area contributed by atoms with Crippen molar-refractivity contribution >= 4 is 19.8 Å². The molecule has 0 aliphatic carbocycles. The summed E-state index contributed by atoms with van der Waals surface area (Å²) in [5.74, 6) is -0.873. The first-order chi connectivity index (χ1) is 27.0. The number of hydrogen-bond acceptors (Lipinski definition) is 7. The number of esters is 2. The van der Waals surface area contributed by atoms with E-state index in [0.717, 1.165) is 51.4 Å². The Morgan fingerprint density at radius 2 is 0.982 bits per heavy atom. The molecule has 0 aromatic heterocycles. The smallest absolute Gasteiger partial charge is 0.462 e. The number of phosphoric acid groups is 1. The molecule has 0 spiro atoms. The molecule has 1 N–H and O–H groups in total. The van der Waals surface area contributed by atoms with Gasteiger partial charge in [0.2, 0.25) is 0 Å². The molecule has 2 atom stereocenters. The third-order valence-corrected chi connectivity index (χ3v) is 10.0. The van der Waals surface area contributed by atoms with Crippen molar-refractivity contribution in [2.45, 2.75) is 174 Å². The SMILES string of the molecule is CCCCC/C=C\C/C=C\C/C=C\C/C=C\CCCC(=O)O[C@H](COC(=O)CCCCCCCCC/C=C\CCCCCC)COP(=O)(O)OCC[N+](C)(C)C. The molecule has 0 aromatic carbocycles. The summed E-state index contributed by atoms with van der Waals surface area (Å²) < 4.78 is 34.2. The third kappa shape index (κ3) is 41.3. The fourth-order valence-electron chi connectivity index (χ4n) is 5.53. The molecule has 9 nitrogen and oxygen atoms in total. The van der Waals surface area contributed by atoms with Crippen LogP contribution in [0.3, 0.4) is 0 Å². The molecule has 10 heteroatoms. The molecule has 0 aliphatic rings. The first-order valence-electron chi connectivity index (χ1n) is 22.0. The first-order valence-corrected chi connectivity index (χ1v) is 23.5. The molecule has 0 radical (unpaired) electrons. The molecule has 0 fully saturated rings. The van der Waals surface area contributed by atoms with Crippen LogP contribution < -0.4 is 0 Å². The van der Waals surface area contributed by atoms with E-state index in [2.05, 4.69) is 68.5 Å². The number of carbonyl (C=O) groups excluding carboxylic acids is 2. The Bertz CT molecular complexity index is 1140. The fourth-order valence-corrected chi connectivity index (χ4v) is 6.27. The number of likely N-dealkylation sites (N-methyl/N-ethyl adjacent to an activating group) is 1. The summed E-state index contributed by atoms with van der Waals surface area (Å²) in [6, 6.07) is 0. The number of allylic oxidation sites excluding steroid dienone is 10. The second kappa shape index (κ2) is 38.2. The molecule has 0 amide bonds. The van der Waals surface area contributed by atoms with Gasteiger partial charge in [-0.2, -0.15) is 0 Å². The summed E-state index contributed by atoms with van der Waals surface area (Å²) >= 11 is 0. The maximum atomic E-state index is 12.7. The van der Waals surface area contributed by atoms with E-state index in [-0.39, 0.29) is 32.0 Å². The van der Waals surface area contributed by atoms with Gasteiger partial charge in [-0.25, -0.2) is 4.57 Å². The minimum atomic E-state index is -4.39. The van der Waals surface area contributed by atoms with Gasteiger partial charge in [-0.1, -0.05) is 139 Å². The Balaban J connectivity index is 4.48. The van der Waals surface area contributed by atoms with Crippen molar-refractivity contribution in [3.63, 3.8) is 0 Å². The topological polar surface area (TPSA) is 108 Å². The van der Waals surface area contributed by atoms with Crippen LogP contribution in [0.5, 0.6) is 0 Å². The van der Waals surface area contributed by atoms with Gasteiger partial charge in [0.1, 0.15) is 19.8 Å². The number of ether oxygens (including phenoxy) is 2. The normalized spacial score (nSPS) is 14.2. The largest absolute Gasteiger partial charge is 0.472 e. The van der Waals surface area contributed by atoms with Crippen molar-refractivity contribution in [3.05, 3.63) is 60.8 Å². The van der Waals surface area contributed by atoms with E-state index in [1.54, 1.807) is 0 Å².